The number of aryl methyl sites for hydroxylation is 2. The first-order valence-corrected chi connectivity index (χ1v) is 14.8. The number of hydrogen-bond acceptors (Lipinski definition) is 9. The quantitative estimate of drug-likeness (QED) is 0.257. The molecule has 0 aliphatic carbocycles. The van der Waals surface area contributed by atoms with Crippen molar-refractivity contribution < 1.29 is 26.9 Å². The summed E-state index contributed by atoms with van der Waals surface area (Å²) < 4.78 is 51.1. The number of nitrogens with one attached hydrogen (secondary N) is 2. The molecule has 1 aliphatic rings. The minimum absolute atomic E-state index is 0.0666. The Kier molecular flexibility index (Phi) is 9.70. The van der Waals surface area contributed by atoms with Crippen LogP contribution in [0, 0.1) is 25.6 Å². The molecule has 0 saturated carbocycles. The predicted octanol–water partition coefficient (Wildman–Crippen LogP) is 3.51. The van der Waals surface area contributed by atoms with E-state index in [1.165, 1.54) is 28.8 Å². The van der Waals surface area contributed by atoms with Crippen LogP contribution in [-0.4, -0.2) is 71.5 Å². The highest BCUT2D eigenvalue weighted by Gasteiger charge is 2.26. The molecule has 4 heterocycles. The lowest BCUT2D eigenvalue weighted by atomic mass is 10.1. The maximum Gasteiger partial charge on any atom is 0.294 e. The Hall–Kier alpha value is -4.14. The van der Waals surface area contributed by atoms with E-state index in [-0.39, 0.29) is 22.0 Å². The molecule has 1 aliphatic heterocycles. The number of nitrogens with zero attached hydrogens (tertiary/aromatic N) is 5. The van der Waals surface area contributed by atoms with Crippen LogP contribution in [-0.2, 0) is 10.1 Å². The molecule has 3 aromatic heterocycles. The van der Waals surface area contributed by atoms with Crippen LogP contribution in [0.15, 0.2) is 53.8 Å². The van der Waals surface area contributed by atoms with Crippen LogP contribution in [0.4, 0.5) is 16.0 Å². The number of ether oxygens (including phenoxy) is 1. The lowest BCUT2D eigenvalue weighted by Crippen LogP contribution is -2.26. The minimum Gasteiger partial charge on any atom is -0.477 e. The molecule has 1 unspecified atom stereocenters. The van der Waals surface area contributed by atoms with Gasteiger partial charge in [0.25, 0.3) is 16.0 Å². The first-order chi connectivity index (χ1) is 20.0. The van der Waals surface area contributed by atoms with E-state index in [0.29, 0.717) is 29.9 Å². The van der Waals surface area contributed by atoms with Crippen LogP contribution in [0.3, 0.4) is 0 Å². The summed E-state index contributed by atoms with van der Waals surface area (Å²) >= 11 is 0. The summed E-state index contributed by atoms with van der Waals surface area (Å²) in [5.74, 6) is 0.290. The molecule has 0 radical (unpaired) electrons. The van der Waals surface area contributed by atoms with Crippen molar-refractivity contribution in [2.75, 3.05) is 43.5 Å². The lowest BCUT2D eigenvalue weighted by molar-refractivity contribution is 0.102. The van der Waals surface area contributed by atoms with Crippen molar-refractivity contribution in [3.63, 3.8) is 0 Å². The fourth-order valence-electron chi connectivity index (χ4n) is 4.54. The fourth-order valence-corrected chi connectivity index (χ4v) is 5.02. The van der Waals surface area contributed by atoms with Gasteiger partial charge in [0.15, 0.2) is 11.5 Å². The monoisotopic (exact) mass is 599 g/mol. The van der Waals surface area contributed by atoms with Crippen molar-refractivity contribution in [1.82, 2.24) is 24.7 Å². The Balaban J connectivity index is 0.000000310. The third-order valence-corrected chi connectivity index (χ3v) is 7.40. The molecule has 1 amide bonds. The number of imidazole rings is 1. The normalized spacial score (nSPS) is 14.9. The highest BCUT2D eigenvalue weighted by Crippen LogP contribution is 2.25. The number of aromatic nitrogens is 4. The molecule has 1 atom stereocenters. The number of carbonyl (C=O) groups is 1. The maximum absolute atomic E-state index is 14.3. The molecular formula is C28H34FN7O5S. The number of hydrogen-bond donors (Lipinski definition) is 3. The average molecular weight is 600 g/mol. The number of amides is 1. The molecule has 4 aromatic rings. The van der Waals surface area contributed by atoms with E-state index in [2.05, 4.69) is 30.5 Å². The molecule has 42 heavy (non-hydrogen) atoms. The molecule has 1 aromatic carbocycles. The second kappa shape index (κ2) is 13.2. The van der Waals surface area contributed by atoms with Crippen molar-refractivity contribution in [2.24, 2.45) is 5.92 Å². The van der Waals surface area contributed by atoms with Gasteiger partial charge in [-0.1, -0.05) is 17.7 Å². The Morgan fingerprint density at radius 2 is 1.93 bits per heavy atom. The number of pyridine rings is 1. The molecule has 5 rings (SSSR count). The predicted molar refractivity (Wildman–Crippen MR) is 156 cm³/mol. The van der Waals surface area contributed by atoms with Gasteiger partial charge in [-0.05, 0) is 58.8 Å². The average Bonchev–Trinajstić information content (AvgIpc) is 3.55. The Labute approximate surface area is 243 Å². The molecule has 1 saturated heterocycles. The zero-order chi connectivity index (χ0) is 30.4. The van der Waals surface area contributed by atoms with E-state index >= 15 is 0 Å². The van der Waals surface area contributed by atoms with Gasteiger partial charge in [0.1, 0.15) is 5.56 Å². The highest BCUT2D eigenvalue weighted by molar-refractivity contribution is 7.85. The zero-order valence-electron chi connectivity index (χ0n) is 23.8. The first-order valence-electron chi connectivity index (χ1n) is 13.4. The van der Waals surface area contributed by atoms with Gasteiger partial charge in [0.2, 0.25) is 11.8 Å². The van der Waals surface area contributed by atoms with Gasteiger partial charge >= 0.3 is 0 Å². The second-order valence-electron chi connectivity index (χ2n) is 9.91. The van der Waals surface area contributed by atoms with E-state index in [0.717, 1.165) is 31.6 Å². The summed E-state index contributed by atoms with van der Waals surface area (Å²) in [5, 5.41) is 5.90. The molecule has 3 N–H and O–H groups in total. The zero-order valence-corrected chi connectivity index (χ0v) is 24.7. The summed E-state index contributed by atoms with van der Waals surface area (Å²) in [7, 11) is -2.08. The van der Waals surface area contributed by atoms with Crippen molar-refractivity contribution in [2.45, 2.75) is 32.1 Å². The summed E-state index contributed by atoms with van der Waals surface area (Å²) in [6.07, 6.45) is 5.81. The van der Waals surface area contributed by atoms with E-state index in [1.54, 1.807) is 31.5 Å². The lowest BCUT2D eigenvalue weighted by Gasteiger charge is -2.18. The minimum atomic E-state index is -4.02. The van der Waals surface area contributed by atoms with Gasteiger partial charge in [0.05, 0.1) is 22.9 Å². The van der Waals surface area contributed by atoms with Gasteiger partial charge in [-0.15, -0.1) is 0 Å². The van der Waals surface area contributed by atoms with Crippen LogP contribution < -0.4 is 20.3 Å². The molecule has 1 fully saturated rings. The third kappa shape index (κ3) is 7.57. The van der Waals surface area contributed by atoms with E-state index in [1.807, 2.05) is 20.9 Å². The van der Waals surface area contributed by atoms with Crippen LogP contribution >= 0.6 is 0 Å². The van der Waals surface area contributed by atoms with E-state index in [4.69, 9.17) is 9.29 Å². The van der Waals surface area contributed by atoms with Crippen molar-refractivity contribution in [1.29, 1.82) is 0 Å². The number of carbonyl (C=O) groups excluding carboxylic acids is 1. The van der Waals surface area contributed by atoms with E-state index < -0.39 is 21.8 Å². The molecular weight excluding hydrogens is 565 g/mol. The highest BCUT2D eigenvalue weighted by atomic mass is 32.2. The number of benzene rings is 1. The van der Waals surface area contributed by atoms with Crippen LogP contribution in [0.25, 0.3) is 5.65 Å². The van der Waals surface area contributed by atoms with Crippen LogP contribution in [0.5, 0.6) is 5.88 Å². The standard InChI is InChI=1S/C21H26FN7O2.C7H8O3S/c1-4-31-20-16(9-24-21(27-20)28-6-5-14(11-28)8-23-3)19(30)26-15-7-17(22)18-25-13(2)10-29(18)12-15;1-6-2-4-7(5-3-6)11(8,9)10/h7,9-10,12,14,23H,4-6,8,11H2,1-3H3,(H,26,30);2-5H,1H3,(H,8,9,10). The molecule has 12 nitrogen and oxygen atoms in total. The number of halogens is 1. The van der Waals surface area contributed by atoms with Gasteiger partial charge in [-0.3, -0.25) is 9.35 Å². The van der Waals surface area contributed by atoms with Crippen molar-refractivity contribution in [3.8, 4) is 5.88 Å². The maximum atomic E-state index is 14.3. The summed E-state index contributed by atoms with van der Waals surface area (Å²) in [5.41, 5.74) is 2.34. The molecule has 0 spiro atoms. The van der Waals surface area contributed by atoms with Crippen molar-refractivity contribution >= 4 is 33.3 Å². The summed E-state index contributed by atoms with van der Waals surface area (Å²) in [6.45, 7) is 8.44. The largest absolute Gasteiger partial charge is 0.477 e. The summed E-state index contributed by atoms with van der Waals surface area (Å²) in [6, 6.07) is 7.23. The summed E-state index contributed by atoms with van der Waals surface area (Å²) in [4.78, 5) is 27.9. The molecule has 0 bridgehead atoms. The number of anilines is 2. The van der Waals surface area contributed by atoms with Gasteiger partial charge < -0.3 is 24.7 Å². The first kappa shape index (κ1) is 30.8. The molecule has 224 valence electrons. The van der Waals surface area contributed by atoms with Crippen LogP contribution in [0.1, 0.15) is 35.0 Å². The fraction of sp³-hybridized carbons (Fsp3) is 0.357. The van der Waals surface area contributed by atoms with Gasteiger partial charge in [0, 0.05) is 37.7 Å². The second-order valence-corrected chi connectivity index (χ2v) is 11.3. The third-order valence-electron chi connectivity index (χ3n) is 6.53. The van der Waals surface area contributed by atoms with Crippen molar-refractivity contribution in [3.05, 3.63) is 71.6 Å². The molecule has 14 heteroatoms. The van der Waals surface area contributed by atoms with Gasteiger partial charge in [-0.25, -0.2) is 14.4 Å². The SMILES string of the molecule is CCOc1nc(N2CCC(CNC)C2)ncc1C(=O)Nc1cc(F)c2nc(C)cn2c1.Cc1ccc(S(=O)(=O)O)cc1. The Morgan fingerprint density at radius 3 is 2.60 bits per heavy atom. The van der Waals surface area contributed by atoms with Crippen LogP contribution in [0.2, 0.25) is 0 Å². The van der Waals surface area contributed by atoms with Gasteiger partial charge in [-0.2, -0.15) is 13.4 Å². The van der Waals surface area contributed by atoms with E-state index in [9.17, 15) is 17.6 Å². The Bertz CT molecular complexity index is 1660. The topological polar surface area (TPSA) is 151 Å². The smallest absolute Gasteiger partial charge is 0.294 e. The Morgan fingerprint density at radius 1 is 1.19 bits per heavy atom. The number of rotatable bonds is 8. The number of fused-ring (bicyclic) bond motifs is 1.